The lowest BCUT2D eigenvalue weighted by atomic mass is 10.0. The molecule has 0 spiro atoms. The Balaban J connectivity index is 1.69. The molecule has 25 heavy (non-hydrogen) atoms. The zero-order valence-electron chi connectivity index (χ0n) is 15.1. The van der Waals surface area contributed by atoms with Gasteiger partial charge in [0, 0.05) is 25.3 Å². The fourth-order valence-electron chi connectivity index (χ4n) is 3.25. The zero-order valence-corrected chi connectivity index (χ0v) is 15.1. The quantitative estimate of drug-likeness (QED) is 0.833. The summed E-state index contributed by atoms with van der Waals surface area (Å²) in [6.07, 6.45) is 0. The predicted molar refractivity (Wildman–Crippen MR) is 99.2 cm³/mol. The Bertz CT molecular complexity index is 725. The molecule has 0 aromatic heterocycles. The first-order valence-corrected chi connectivity index (χ1v) is 8.85. The van der Waals surface area contributed by atoms with Gasteiger partial charge in [-0.15, -0.1) is 0 Å². The second-order valence-electron chi connectivity index (χ2n) is 7.01. The summed E-state index contributed by atoms with van der Waals surface area (Å²) in [5.41, 5.74) is 3.26. The smallest absolute Gasteiger partial charge is 0.244 e. The highest BCUT2D eigenvalue weighted by Gasteiger charge is 2.32. The molecule has 3 nitrogen and oxygen atoms in total. The first-order valence-electron chi connectivity index (χ1n) is 8.85. The Morgan fingerprint density at radius 2 is 1.68 bits per heavy atom. The van der Waals surface area contributed by atoms with Crippen molar-refractivity contribution in [3.05, 3.63) is 65.5 Å². The number of carbonyl (C=O) groups excluding carboxylic acids is 1. The minimum Gasteiger partial charge on any atom is -0.310 e. The standard InChI is InChI=1S/C21H25FN2O/c1-15(2)18-6-10-20(11-7-18)24-13-12-23(16(3)21(24)25)14-17-4-8-19(22)9-5-17/h4-11,15-16H,12-14H2,1-3H3/t16-/m1/s1. The number of amides is 1. The minimum atomic E-state index is -0.234. The normalized spacial score (nSPS) is 18.8. The highest BCUT2D eigenvalue weighted by atomic mass is 19.1. The van der Waals surface area contributed by atoms with E-state index in [1.165, 1.54) is 17.7 Å². The fourth-order valence-corrected chi connectivity index (χ4v) is 3.25. The number of nitrogens with zero attached hydrogens (tertiary/aromatic N) is 2. The number of benzene rings is 2. The Morgan fingerprint density at radius 3 is 2.28 bits per heavy atom. The van der Waals surface area contributed by atoms with Gasteiger partial charge in [-0.1, -0.05) is 38.1 Å². The van der Waals surface area contributed by atoms with Crippen molar-refractivity contribution >= 4 is 11.6 Å². The van der Waals surface area contributed by atoms with Crippen LogP contribution >= 0.6 is 0 Å². The molecule has 2 aromatic rings. The number of hydrogen-bond acceptors (Lipinski definition) is 2. The molecule has 0 aliphatic carbocycles. The molecule has 1 aliphatic heterocycles. The van der Waals surface area contributed by atoms with Crippen LogP contribution in [0.3, 0.4) is 0 Å². The van der Waals surface area contributed by atoms with E-state index in [1.807, 2.05) is 24.0 Å². The first-order chi connectivity index (χ1) is 12.0. The summed E-state index contributed by atoms with van der Waals surface area (Å²) in [5, 5.41) is 0. The van der Waals surface area contributed by atoms with Crippen LogP contribution in [0.25, 0.3) is 0 Å². The van der Waals surface area contributed by atoms with E-state index in [4.69, 9.17) is 0 Å². The molecule has 1 aliphatic rings. The molecule has 0 radical (unpaired) electrons. The van der Waals surface area contributed by atoms with E-state index in [9.17, 15) is 9.18 Å². The summed E-state index contributed by atoms with van der Waals surface area (Å²) >= 11 is 0. The van der Waals surface area contributed by atoms with Crippen molar-refractivity contribution in [3.63, 3.8) is 0 Å². The Morgan fingerprint density at radius 1 is 1.04 bits per heavy atom. The van der Waals surface area contributed by atoms with Gasteiger partial charge in [0.15, 0.2) is 0 Å². The number of anilines is 1. The highest BCUT2D eigenvalue weighted by molar-refractivity contribution is 5.97. The van der Waals surface area contributed by atoms with Gasteiger partial charge in [0.2, 0.25) is 5.91 Å². The van der Waals surface area contributed by atoms with Gasteiger partial charge < -0.3 is 4.90 Å². The van der Waals surface area contributed by atoms with Crippen molar-refractivity contribution in [2.24, 2.45) is 0 Å². The molecule has 132 valence electrons. The van der Waals surface area contributed by atoms with Crippen LogP contribution in [0, 0.1) is 5.82 Å². The van der Waals surface area contributed by atoms with Gasteiger partial charge in [-0.2, -0.15) is 0 Å². The van der Waals surface area contributed by atoms with Gasteiger partial charge in [0.25, 0.3) is 0 Å². The van der Waals surface area contributed by atoms with Gasteiger partial charge in [-0.3, -0.25) is 9.69 Å². The maximum absolute atomic E-state index is 13.0. The van der Waals surface area contributed by atoms with E-state index in [1.54, 1.807) is 12.1 Å². The molecule has 1 atom stereocenters. The van der Waals surface area contributed by atoms with Gasteiger partial charge in [-0.05, 0) is 48.2 Å². The largest absolute Gasteiger partial charge is 0.310 e. The molecule has 0 unspecified atom stereocenters. The van der Waals surface area contributed by atoms with Crippen molar-refractivity contribution < 1.29 is 9.18 Å². The van der Waals surface area contributed by atoms with Crippen LogP contribution in [-0.4, -0.2) is 29.9 Å². The van der Waals surface area contributed by atoms with E-state index < -0.39 is 0 Å². The number of hydrogen-bond donors (Lipinski definition) is 0. The fraction of sp³-hybridized carbons (Fsp3) is 0.381. The third-order valence-corrected chi connectivity index (χ3v) is 4.95. The van der Waals surface area contributed by atoms with E-state index >= 15 is 0 Å². The lowest BCUT2D eigenvalue weighted by molar-refractivity contribution is -0.125. The average molecular weight is 340 g/mol. The van der Waals surface area contributed by atoms with Crippen LogP contribution in [0.1, 0.15) is 37.8 Å². The Labute approximate surface area is 149 Å². The van der Waals surface area contributed by atoms with Crippen LogP contribution in [0.4, 0.5) is 10.1 Å². The summed E-state index contributed by atoms with van der Waals surface area (Å²) in [7, 11) is 0. The van der Waals surface area contributed by atoms with Crippen LogP contribution < -0.4 is 4.90 Å². The Hall–Kier alpha value is -2.20. The van der Waals surface area contributed by atoms with E-state index in [2.05, 4.69) is 30.9 Å². The predicted octanol–water partition coefficient (Wildman–Crippen LogP) is 4.19. The average Bonchev–Trinajstić information content (AvgIpc) is 2.61. The lowest BCUT2D eigenvalue weighted by Gasteiger charge is -2.39. The third-order valence-electron chi connectivity index (χ3n) is 4.95. The van der Waals surface area contributed by atoms with Crippen molar-refractivity contribution in [1.29, 1.82) is 0 Å². The van der Waals surface area contributed by atoms with Crippen LogP contribution in [-0.2, 0) is 11.3 Å². The topological polar surface area (TPSA) is 23.6 Å². The summed E-state index contributed by atoms with van der Waals surface area (Å²) in [4.78, 5) is 16.8. The SMILES string of the molecule is CC(C)c1ccc(N2CCN(Cc3ccc(F)cc3)[C@H](C)C2=O)cc1. The number of rotatable bonds is 4. The van der Waals surface area contributed by atoms with E-state index in [-0.39, 0.29) is 17.8 Å². The van der Waals surface area contributed by atoms with Gasteiger partial charge in [0.1, 0.15) is 5.82 Å². The molecular weight excluding hydrogens is 315 g/mol. The molecular formula is C21H25FN2O. The minimum absolute atomic E-state index is 0.116. The molecule has 1 fully saturated rings. The highest BCUT2D eigenvalue weighted by Crippen LogP contribution is 2.24. The molecule has 0 bridgehead atoms. The lowest BCUT2D eigenvalue weighted by Crippen LogP contribution is -2.55. The maximum atomic E-state index is 13.0. The molecule has 4 heteroatoms. The molecule has 0 saturated carbocycles. The number of piperazine rings is 1. The van der Waals surface area contributed by atoms with Crippen molar-refractivity contribution in [3.8, 4) is 0 Å². The third kappa shape index (κ3) is 3.90. The summed E-state index contributed by atoms with van der Waals surface area (Å²) in [6.45, 7) is 8.41. The Kier molecular flexibility index (Phi) is 5.19. The molecule has 2 aromatic carbocycles. The maximum Gasteiger partial charge on any atom is 0.244 e. The molecule has 1 saturated heterocycles. The monoisotopic (exact) mass is 340 g/mol. The summed E-state index contributed by atoms with van der Waals surface area (Å²) < 4.78 is 13.0. The molecule has 1 amide bonds. The van der Waals surface area contributed by atoms with Crippen molar-refractivity contribution in [1.82, 2.24) is 4.90 Å². The van der Waals surface area contributed by atoms with Crippen molar-refractivity contribution in [2.75, 3.05) is 18.0 Å². The van der Waals surface area contributed by atoms with Crippen LogP contribution in [0.5, 0.6) is 0 Å². The first kappa shape index (κ1) is 17.6. The molecule has 0 N–H and O–H groups in total. The molecule has 3 rings (SSSR count). The number of halogens is 1. The summed E-state index contributed by atoms with van der Waals surface area (Å²) in [5.74, 6) is 0.365. The van der Waals surface area contributed by atoms with Gasteiger partial charge in [-0.25, -0.2) is 4.39 Å². The van der Waals surface area contributed by atoms with Crippen LogP contribution in [0.2, 0.25) is 0 Å². The van der Waals surface area contributed by atoms with E-state index in [0.717, 1.165) is 17.8 Å². The van der Waals surface area contributed by atoms with Gasteiger partial charge in [0.05, 0.1) is 6.04 Å². The van der Waals surface area contributed by atoms with E-state index in [0.29, 0.717) is 19.0 Å². The van der Waals surface area contributed by atoms with Crippen LogP contribution in [0.15, 0.2) is 48.5 Å². The summed E-state index contributed by atoms with van der Waals surface area (Å²) in [6, 6.07) is 14.6. The zero-order chi connectivity index (χ0) is 18.0. The second-order valence-corrected chi connectivity index (χ2v) is 7.01. The van der Waals surface area contributed by atoms with Gasteiger partial charge >= 0.3 is 0 Å². The second kappa shape index (κ2) is 7.36. The van der Waals surface area contributed by atoms with Crippen molar-refractivity contribution in [2.45, 2.75) is 39.3 Å². The molecule has 1 heterocycles. The number of carbonyl (C=O) groups is 1.